The molecule has 162 valence electrons. The van der Waals surface area contributed by atoms with Crippen molar-refractivity contribution in [2.75, 3.05) is 6.79 Å². The van der Waals surface area contributed by atoms with Crippen LogP contribution in [0.2, 0.25) is 0 Å². The van der Waals surface area contributed by atoms with Crippen LogP contribution in [-0.4, -0.2) is 23.8 Å². The molecule has 0 bridgehead atoms. The van der Waals surface area contributed by atoms with Gasteiger partial charge in [0.05, 0.1) is 11.8 Å². The molecule has 1 heterocycles. The lowest BCUT2D eigenvalue weighted by Crippen LogP contribution is -2.52. The molecular weight excluding hydrogens is 408 g/mol. The summed E-state index contributed by atoms with van der Waals surface area (Å²) in [7, 11) is 0. The Hall–Kier alpha value is -3.80. The topological polar surface area (TPSA) is 82.1 Å². The van der Waals surface area contributed by atoms with E-state index in [1.165, 1.54) is 0 Å². The van der Waals surface area contributed by atoms with Crippen molar-refractivity contribution in [3.05, 3.63) is 78.4 Å². The van der Waals surface area contributed by atoms with E-state index in [9.17, 15) is 14.7 Å². The number of esters is 1. The summed E-state index contributed by atoms with van der Waals surface area (Å²) < 4.78 is 16.5. The summed E-state index contributed by atoms with van der Waals surface area (Å²) in [5, 5.41) is 9.68. The van der Waals surface area contributed by atoms with Gasteiger partial charge in [0.1, 0.15) is 5.75 Å². The van der Waals surface area contributed by atoms with Gasteiger partial charge in [-0.25, -0.2) is 0 Å². The standard InChI is InChI=1S/C26H22O6/c1-15-22(25(27)28)24(16-6-3-2-4-7-16)23(15)26(29)32-19-9-5-8-17(12-19)18-10-11-20-21(13-18)31-14-30-20/h2-13,15,22-24H,14H2,1H3,(H,27,28)/t15-,22-,23?,24+/m0/s1. The van der Waals surface area contributed by atoms with Gasteiger partial charge in [0.2, 0.25) is 6.79 Å². The number of rotatable bonds is 5. The van der Waals surface area contributed by atoms with Crippen LogP contribution in [0.1, 0.15) is 18.4 Å². The number of benzene rings is 3. The first-order chi connectivity index (χ1) is 15.5. The number of ether oxygens (including phenoxy) is 3. The zero-order chi connectivity index (χ0) is 22.2. The van der Waals surface area contributed by atoms with E-state index in [0.29, 0.717) is 17.2 Å². The highest BCUT2D eigenvalue weighted by Gasteiger charge is 2.56. The van der Waals surface area contributed by atoms with Gasteiger partial charge in [-0.2, -0.15) is 0 Å². The SMILES string of the molecule is C[C@@H]1C(C(=O)Oc2cccc(-c3ccc4c(c3)OCO4)c2)[C@H](c2ccccc2)[C@H]1C(=O)O. The fourth-order valence-electron chi connectivity index (χ4n) is 4.78. The van der Waals surface area contributed by atoms with Crippen LogP contribution in [-0.2, 0) is 9.59 Å². The number of carboxylic acids is 1. The Morgan fingerprint density at radius 2 is 1.62 bits per heavy atom. The van der Waals surface area contributed by atoms with E-state index < -0.39 is 29.7 Å². The maximum absolute atomic E-state index is 13.1. The highest BCUT2D eigenvalue weighted by Crippen LogP contribution is 2.53. The third-order valence-electron chi connectivity index (χ3n) is 6.41. The second-order valence-electron chi connectivity index (χ2n) is 8.20. The highest BCUT2D eigenvalue weighted by atomic mass is 16.7. The van der Waals surface area contributed by atoms with Crippen LogP contribution in [0.15, 0.2) is 72.8 Å². The Morgan fingerprint density at radius 1 is 0.875 bits per heavy atom. The molecule has 1 N–H and O–H groups in total. The van der Waals surface area contributed by atoms with Crippen molar-refractivity contribution in [3.63, 3.8) is 0 Å². The molecule has 0 saturated heterocycles. The number of fused-ring (bicyclic) bond motifs is 1. The lowest BCUT2D eigenvalue weighted by molar-refractivity contribution is -0.162. The maximum Gasteiger partial charge on any atom is 0.315 e. The third-order valence-corrected chi connectivity index (χ3v) is 6.41. The summed E-state index contributed by atoms with van der Waals surface area (Å²) in [5.41, 5.74) is 2.63. The first kappa shape index (κ1) is 20.1. The van der Waals surface area contributed by atoms with Crippen molar-refractivity contribution >= 4 is 11.9 Å². The van der Waals surface area contributed by atoms with Crippen molar-refractivity contribution in [2.45, 2.75) is 12.8 Å². The molecule has 6 nitrogen and oxygen atoms in total. The average molecular weight is 430 g/mol. The number of carbonyl (C=O) groups excluding carboxylic acids is 1. The zero-order valence-corrected chi connectivity index (χ0v) is 17.4. The molecule has 0 amide bonds. The molecule has 1 unspecified atom stereocenters. The molecule has 1 aliphatic heterocycles. The van der Waals surface area contributed by atoms with Gasteiger partial charge in [-0.05, 0) is 46.9 Å². The van der Waals surface area contributed by atoms with E-state index in [1.807, 2.05) is 60.7 Å². The van der Waals surface area contributed by atoms with Crippen LogP contribution in [0, 0.1) is 17.8 Å². The predicted octanol–water partition coefficient (Wildman–Crippen LogP) is 4.74. The molecule has 5 rings (SSSR count). The smallest absolute Gasteiger partial charge is 0.315 e. The average Bonchev–Trinajstić information content (AvgIpc) is 3.26. The fourth-order valence-corrected chi connectivity index (χ4v) is 4.78. The van der Waals surface area contributed by atoms with Crippen molar-refractivity contribution < 1.29 is 28.9 Å². The molecule has 4 atom stereocenters. The Bertz CT molecular complexity index is 1170. The predicted molar refractivity (Wildman–Crippen MR) is 117 cm³/mol. The van der Waals surface area contributed by atoms with Gasteiger partial charge in [0.15, 0.2) is 11.5 Å². The molecule has 0 spiro atoms. The van der Waals surface area contributed by atoms with Gasteiger partial charge in [0, 0.05) is 5.92 Å². The molecule has 1 saturated carbocycles. The van der Waals surface area contributed by atoms with Gasteiger partial charge in [-0.3, -0.25) is 9.59 Å². The minimum absolute atomic E-state index is 0.204. The largest absolute Gasteiger partial charge is 0.481 e. The molecule has 0 aromatic heterocycles. The first-order valence-electron chi connectivity index (χ1n) is 10.5. The first-order valence-corrected chi connectivity index (χ1v) is 10.5. The van der Waals surface area contributed by atoms with Crippen LogP contribution in [0.5, 0.6) is 17.2 Å². The van der Waals surface area contributed by atoms with E-state index in [-0.39, 0.29) is 12.7 Å². The van der Waals surface area contributed by atoms with Crippen LogP contribution in [0.25, 0.3) is 11.1 Å². The molecule has 0 radical (unpaired) electrons. The van der Waals surface area contributed by atoms with Gasteiger partial charge in [0.25, 0.3) is 0 Å². The zero-order valence-electron chi connectivity index (χ0n) is 17.4. The van der Waals surface area contributed by atoms with Crippen LogP contribution in [0.4, 0.5) is 0 Å². The van der Waals surface area contributed by atoms with Gasteiger partial charge in [-0.1, -0.05) is 55.5 Å². The normalized spacial score (nSPS) is 23.3. The van der Waals surface area contributed by atoms with Crippen molar-refractivity contribution in [1.29, 1.82) is 0 Å². The molecular formula is C26H22O6. The molecule has 1 aliphatic carbocycles. The number of hydrogen-bond acceptors (Lipinski definition) is 5. The number of aliphatic carboxylic acids is 1. The van der Waals surface area contributed by atoms with Gasteiger partial charge in [-0.15, -0.1) is 0 Å². The van der Waals surface area contributed by atoms with Crippen LogP contribution >= 0.6 is 0 Å². The Balaban J connectivity index is 1.38. The molecule has 32 heavy (non-hydrogen) atoms. The highest BCUT2D eigenvalue weighted by molar-refractivity contribution is 5.84. The van der Waals surface area contributed by atoms with Crippen molar-refractivity contribution in [3.8, 4) is 28.4 Å². The Kier molecular flexibility index (Phi) is 5.05. The van der Waals surface area contributed by atoms with E-state index >= 15 is 0 Å². The number of hydrogen-bond donors (Lipinski definition) is 1. The fraction of sp³-hybridized carbons (Fsp3) is 0.231. The molecule has 3 aromatic carbocycles. The van der Waals surface area contributed by atoms with Crippen molar-refractivity contribution in [1.82, 2.24) is 0 Å². The molecule has 1 fully saturated rings. The second-order valence-corrected chi connectivity index (χ2v) is 8.20. The summed E-state index contributed by atoms with van der Waals surface area (Å²) in [4.78, 5) is 24.9. The van der Waals surface area contributed by atoms with E-state index in [2.05, 4.69) is 0 Å². The molecule has 2 aliphatic rings. The van der Waals surface area contributed by atoms with Crippen molar-refractivity contribution in [2.24, 2.45) is 17.8 Å². The van der Waals surface area contributed by atoms with E-state index in [0.717, 1.165) is 16.7 Å². The second kappa shape index (κ2) is 8.04. The summed E-state index contributed by atoms with van der Waals surface area (Å²) >= 11 is 0. The summed E-state index contributed by atoms with van der Waals surface area (Å²) in [6.07, 6.45) is 0. The number of carbonyl (C=O) groups is 2. The summed E-state index contributed by atoms with van der Waals surface area (Å²) in [6, 6.07) is 22.2. The minimum atomic E-state index is -0.889. The molecule has 6 heteroatoms. The van der Waals surface area contributed by atoms with E-state index in [1.54, 1.807) is 19.1 Å². The number of carboxylic acid groups (broad SMARTS) is 1. The third kappa shape index (κ3) is 3.47. The Morgan fingerprint density at radius 3 is 2.41 bits per heavy atom. The van der Waals surface area contributed by atoms with Gasteiger partial charge >= 0.3 is 11.9 Å². The Labute approximate surface area is 185 Å². The maximum atomic E-state index is 13.1. The quantitative estimate of drug-likeness (QED) is 0.465. The molecule has 3 aromatic rings. The van der Waals surface area contributed by atoms with Crippen LogP contribution < -0.4 is 14.2 Å². The minimum Gasteiger partial charge on any atom is -0.481 e. The summed E-state index contributed by atoms with van der Waals surface area (Å²) in [5.74, 6) is -1.36. The lowest BCUT2D eigenvalue weighted by atomic mass is 9.55. The lowest BCUT2D eigenvalue weighted by Gasteiger charge is -2.47. The van der Waals surface area contributed by atoms with Crippen LogP contribution in [0.3, 0.4) is 0 Å². The van der Waals surface area contributed by atoms with E-state index in [4.69, 9.17) is 14.2 Å². The monoisotopic (exact) mass is 430 g/mol. The van der Waals surface area contributed by atoms with Gasteiger partial charge < -0.3 is 19.3 Å². The summed E-state index contributed by atoms with van der Waals surface area (Å²) in [6.45, 7) is 2.00.